The Morgan fingerprint density at radius 3 is 2.41 bits per heavy atom. The van der Waals surface area contributed by atoms with Gasteiger partial charge >= 0.3 is 10.8 Å². The quantitative estimate of drug-likeness (QED) is 0.585. The van der Waals surface area contributed by atoms with Crippen molar-refractivity contribution in [2.24, 2.45) is 7.05 Å². The van der Waals surface area contributed by atoms with Crippen LogP contribution in [0.1, 0.15) is 45.1 Å². The summed E-state index contributed by atoms with van der Waals surface area (Å²) in [5.74, 6) is -0.901. The van der Waals surface area contributed by atoms with E-state index in [1.807, 2.05) is 29.6 Å². The van der Waals surface area contributed by atoms with Crippen LogP contribution in [0, 0.1) is 6.92 Å². The van der Waals surface area contributed by atoms with Crippen molar-refractivity contribution in [2.45, 2.75) is 27.2 Å². The first-order valence-electron chi connectivity index (χ1n) is 9.23. The van der Waals surface area contributed by atoms with E-state index >= 15 is 0 Å². The number of carbonyl (C=O) groups excluding carboxylic acids is 2. The minimum Gasteiger partial charge on any atom is -0.462 e. The zero-order valence-electron chi connectivity index (χ0n) is 16.7. The van der Waals surface area contributed by atoms with Crippen LogP contribution in [0.5, 0.6) is 0 Å². The summed E-state index contributed by atoms with van der Waals surface area (Å²) in [5.41, 5.74) is 3.70. The maximum Gasteiger partial charge on any atom is 0.341 e. The van der Waals surface area contributed by atoms with E-state index in [0.717, 1.165) is 23.3 Å². The van der Waals surface area contributed by atoms with E-state index < -0.39 is 11.9 Å². The molecule has 8 heteroatoms. The van der Waals surface area contributed by atoms with Gasteiger partial charge in [0.2, 0.25) is 0 Å². The van der Waals surface area contributed by atoms with Crippen LogP contribution >= 0.6 is 22.7 Å². The second-order valence-electron chi connectivity index (χ2n) is 6.42. The SMILES string of the molecule is CCOC(=O)c1c(-c2ccc(CC)cc2)csc1NC(=O)c1sc(=O)n(C)c1C. The molecule has 0 aliphatic carbocycles. The number of ether oxygens (including phenoxy) is 1. The minimum absolute atomic E-state index is 0.207. The van der Waals surface area contributed by atoms with Crippen LogP contribution in [0.15, 0.2) is 34.4 Å². The molecular formula is C21H22N2O4S2. The Hall–Kier alpha value is -2.71. The Morgan fingerprint density at radius 2 is 1.86 bits per heavy atom. The van der Waals surface area contributed by atoms with Gasteiger partial charge < -0.3 is 14.6 Å². The summed E-state index contributed by atoms with van der Waals surface area (Å²) in [7, 11) is 1.62. The molecule has 6 nitrogen and oxygen atoms in total. The molecule has 0 bridgehead atoms. The number of carbonyl (C=O) groups is 2. The summed E-state index contributed by atoms with van der Waals surface area (Å²) in [6.07, 6.45) is 0.926. The van der Waals surface area contributed by atoms with Crippen molar-refractivity contribution in [3.63, 3.8) is 0 Å². The molecule has 0 atom stereocenters. The summed E-state index contributed by atoms with van der Waals surface area (Å²) in [6.45, 7) is 5.77. The van der Waals surface area contributed by atoms with Crippen molar-refractivity contribution in [2.75, 3.05) is 11.9 Å². The lowest BCUT2D eigenvalue weighted by Crippen LogP contribution is -2.15. The Labute approximate surface area is 176 Å². The first-order valence-corrected chi connectivity index (χ1v) is 10.9. The van der Waals surface area contributed by atoms with Gasteiger partial charge in [0.05, 0.1) is 6.61 Å². The van der Waals surface area contributed by atoms with Crippen molar-refractivity contribution in [1.82, 2.24) is 4.57 Å². The van der Waals surface area contributed by atoms with Gasteiger partial charge in [0.15, 0.2) is 0 Å². The molecule has 2 aromatic heterocycles. The summed E-state index contributed by atoms with van der Waals surface area (Å²) in [5, 5.41) is 5.04. The molecule has 0 radical (unpaired) electrons. The third kappa shape index (κ3) is 4.18. The zero-order valence-corrected chi connectivity index (χ0v) is 18.3. The molecular weight excluding hydrogens is 408 g/mol. The van der Waals surface area contributed by atoms with Crippen LogP contribution in [0.2, 0.25) is 0 Å². The monoisotopic (exact) mass is 430 g/mol. The number of nitrogens with one attached hydrogen (secondary N) is 1. The van der Waals surface area contributed by atoms with Crippen molar-refractivity contribution in [3.05, 3.63) is 61.0 Å². The van der Waals surface area contributed by atoms with Crippen molar-refractivity contribution < 1.29 is 14.3 Å². The number of aromatic nitrogens is 1. The van der Waals surface area contributed by atoms with Crippen LogP contribution in [0.4, 0.5) is 5.00 Å². The van der Waals surface area contributed by atoms with Gasteiger partial charge in [-0.05, 0) is 31.4 Å². The van der Waals surface area contributed by atoms with E-state index in [1.54, 1.807) is 20.9 Å². The fourth-order valence-electron chi connectivity index (χ4n) is 2.88. The molecule has 2 heterocycles. The molecule has 0 saturated heterocycles. The number of thiazole rings is 1. The van der Waals surface area contributed by atoms with Crippen LogP contribution in [-0.2, 0) is 18.2 Å². The first-order chi connectivity index (χ1) is 13.9. The van der Waals surface area contributed by atoms with Crippen molar-refractivity contribution in [1.29, 1.82) is 0 Å². The van der Waals surface area contributed by atoms with E-state index in [2.05, 4.69) is 12.2 Å². The number of hydrogen-bond donors (Lipinski definition) is 1. The fourth-order valence-corrected chi connectivity index (χ4v) is 4.71. The number of anilines is 1. The molecule has 1 N–H and O–H groups in total. The van der Waals surface area contributed by atoms with Crippen LogP contribution in [0.25, 0.3) is 11.1 Å². The molecule has 152 valence electrons. The van der Waals surface area contributed by atoms with Gasteiger partial charge in [-0.15, -0.1) is 11.3 Å². The molecule has 0 spiro atoms. The maximum atomic E-state index is 12.8. The lowest BCUT2D eigenvalue weighted by molar-refractivity contribution is 0.0529. The summed E-state index contributed by atoms with van der Waals surface area (Å²) >= 11 is 2.15. The standard InChI is InChI=1S/C21H22N2O4S2/c1-5-13-7-9-14(10-8-13)15-11-28-19(16(15)20(25)27-6-2)22-18(24)17-12(3)23(4)21(26)29-17/h7-11H,5-6H2,1-4H3,(H,22,24). The highest BCUT2D eigenvalue weighted by Gasteiger charge is 2.24. The van der Waals surface area contributed by atoms with E-state index in [0.29, 0.717) is 26.7 Å². The van der Waals surface area contributed by atoms with Crippen molar-refractivity contribution in [3.8, 4) is 11.1 Å². The molecule has 1 amide bonds. The highest BCUT2D eigenvalue weighted by atomic mass is 32.1. The average molecular weight is 431 g/mol. The summed E-state index contributed by atoms with van der Waals surface area (Å²) in [4.78, 5) is 37.4. The second kappa shape index (κ2) is 8.75. The van der Waals surface area contributed by atoms with Gasteiger partial charge in [0.1, 0.15) is 15.4 Å². The number of thiophene rings is 1. The Morgan fingerprint density at radius 1 is 1.17 bits per heavy atom. The second-order valence-corrected chi connectivity index (χ2v) is 8.26. The third-order valence-electron chi connectivity index (χ3n) is 4.67. The van der Waals surface area contributed by atoms with Gasteiger partial charge in [-0.25, -0.2) is 4.79 Å². The molecule has 3 aromatic rings. The van der Waals surface area contributed by atoms with Gasteiger partial charge in [-0.2, -0.15) is 0 Å². The van der Waals surface area contributed by atoms with Gasteiger partial charge in [0, 0.05) is 23.7 Å². The molecule has 0 saturated carbocycles. The lowest BCUT2D eigenvalue weighted by Gasteiger charge is -2.09. The van der Waals surface area contributed by atoms with Gasteiger partial charge in [0.25, 0.3) is 5.91 Å². The van der Waals surface area contributed by atoms with Crippen LogP contribution < -0.4 is 10.2 Å². The highest BCUT2D eigenvalue weighted by Crippen LogP contribution is 2.37. The topological polar surface area (TPSA) is 77.4 Å². The fraction of sp³-hybridized carbons (Fsp3) is 0.286. The number of hydrogen-bond acceptors (Lipinski definition) is 6. The first kappa shape index (κ1) is 21.0. The largest absolute Gasteiger partial charge is 0.462 e. The van der Waals surface area contributed by atoms with E-state index in [4.69, 9.17) is 4.74 Å². The number of esters is 1. The van der Waals surface area contributed by atoms with E-state index in [1.165, 1.54) is 21.5 Å². The number of aryl methyl sites for hydroxylation is 1. The predicted molar refractivity (Wildman–Crippen MR) is 117 cm³/mol. The van der Waals surface area contributed by atoms with Gasteiger partial charge in [-0.3, -0.25) is 9.59 Å². The minimum atomic E-state index is -0.489. The molecule has 3 rings (SSSR count). The Bertz CT molecular complexity index is 1110. The van der Waals surface area contributed by atoms with E-state index in [9.17, 15) is 14.4 Å². The maximum absolute atomic E-state index is 12.8. The molecule has 0 fully saturated rings. The highest BCUT2D eigenvalue weighted by molar-refractivity contribution is 7.15. The summed E-state index contributed by atoms with van der Waals surface area (Å²) < 4.78 is 6.66. The van der Waals surface area contributed by atoms with Crippen molar-refractivity contribution >= 4 is 39.6 Å². The average Bonchev–Trinajstić information content (AvgIpc) is 3.24. The smallest absolute Gasteiger partial charge is 0.341 e. The Balaban J connectivity index is 2.00. The Kier molecular flexibility index (Phi) is 6.34. The third-order valence-corrected chi connectivity index (χ3v) is 6.70. The molecule has 29 heavy (non-hydrogen) atoms. The number of benzene rings is 1. The number of amides is 1. The van der Waals surface area contributed by atoms with Gasteiger partial charge in [-0.1, -0.05) is 42.5 Å². The molecule has 0 aliphatic heterocycles. The lowest BCUT2D eigenvalue weighted by atomic mass is 10.0. The van der Waals surface area contributed by atoms with Crippen LogP contribution in [-0.4, -0.2) is 23.1 Å². The van der Waals surface area contributed by atoms with Crippen LogP contribution in [0.3, 0.4) is 0 Å². The number of nitrogens with zero attached hydrogens (tertiary/aromatic N) is 1. The molecule has 1 aromatic carbocycles. The van der Waals surface area contributed by atoms with E-state index in [-0.39, 0.29) is 11.5 Å². The normalized spacial score (nSPS) is 10.8. The number of rotatable bonds is 6. The zero-order chi connectivity index (χ0) is 21.1. The molecule has 0 unspecified atom stereocenters. The summed E-state index contributed by atoms with van der Waals surface area (Å²) in [6, 6.07) is 7.96. The predicted octanol–water partition coefficient (Wildman–Crippen LogP) is 4.48. The molecule has 0 aliphatic rings.